The van der Waals surface area contributed by atoms with E-state index in [2.05, 4.69) is 11.9 Å². The van der Waals surface area contributed by atoms with E-state index in [1.54, 1.807) is 12.1 Å². The fraction of sp³-hybridized carbons (Fsp3) is 0.389. The Labute approximate surface area is 137 Å². The van der Waals surface area contributed by atoms with Crippen molar-refractivity contribution in [3.05, 3.63) is 48.6 Å². The van der Waals surface area contributed by atoms with E-state index in [1.165, 1.54) is 5.56 Å². The summed E-state index contributed by atoms with van der Waals surface area (Å²) >= 11 is 0. The van der Waals surface area contributed by atoms with Crippen LogP contribution in [0.2, 0.25) is 0 Å². The van der Waals surface area contributed by atoms with Gasteiger partial charge < -0.3 is 10.1 Å². The van der Waals surface area contributed by atoms with Crippen molar-refractivity contribution in [1.29, 1.82) is 5.26 Å². The second-order valence-corrected chi connectivity index (χ2v) is 5.09. The second-order valence-electron chi connectivity index (χ2n) is 5.09. The molecule has 1 atom stereocenters. The standard InChI is InChI=1S/C18H22N2O3/c1-2-3-12-17(21)20-16(18(22)23-14-13-19)11-7-10-15-8-5-4-6-9-15/h2,4-6,8-9,16H,1,3,7,10-12,14H2,(H,20,21)/t16-/m0/s1. The molecule has 0 saturated heterocycles. The molecule has 122 valence electrons. The maximum absolute atomic E-state index is 11.9. The number of nitrogens with zero attached hydrogens (tertiary/aromatic N) is 1. The molecule has 0 aliphatic rings. The molecule has 1 amide bonds. The maximum Gasteiger partial charge on any atom is 0.329 e. The normalized spacial score (nSPS) is 11.1. The van der Waals surface area contributed by atoms with E-state index in [4.69, 9.17) is 10.00 Å². The van der Waals surface area contributed by atoms with E-state index < -0.39 is 12.0 Å². The Bertz CT molecular complexity index is 549. The predicted molar refractivity (Wildman–Crippen MR) is 87.3 cm³/mol. The van der Waals surface area contributed by atoms with Crippen molar-refractivity contribution in [3.63, 3.8) is 0 Å². The third-order valence-electron chi connectivity index (χ3n) is 3.28. The quantitative estimate of drug-likeness (QED) is 0.531. The SMILES string of the molecule is C=CCCC(=O)N[C@@H](CCCc1ccccc1)C(=O)OCC#N. The molecule has 0 spiro atoms. The molecule has 0 unspecified atom stereocenters. The molecule has 1 rings (SSSR count). The summed E-state index contributed by atoms with van der Waals surface area (Å²) in [7, 11) is 0. The number of hydrogen-bond donors (Lipinski definition) is 1. The first-order valence-electron chi connectivity index (χ1n) is 7.65. The highest BCUT2D eigenvalue weighted by molar-refractivity contribution is 5.84. The van der Waals surface area contributed by atoms with Gasteiger partial charge in [-0.25, -0.2) is 4.79 Å². The maximum atomic E-state index is 11.9. The van der Waals surface area contributed by atoms with Crippen LogP contribution in [0.25, 0.3) is 0 Å². The molecule has 1 aromatic carbocycles. The number of hydrogen-bond acceptors (Lipinski definition) is 4. The molecule has 0 aliphatic carbocycles. The van der Waals surface area contributed by atoms with Crippen LogP contribution in [0.4, 0.5) is 0 Å². The van der Waals surface area contributed by atoms with Crippen molar-refractivity contribution in [2.45, 2.75) is 38.1 Å². The van der Waals surface area contributed by atoms with Crippen LogP contribution in [0.5, 0.6) is 0 Å². The fourth-order valence-electron chi connectivity index (χ4n) is 2.11. The molecule has 0 bridgehead atoms. The van der Waals surface area contributed by atoms with Gasteiger partial charge in [0.1, 0.15) is 12.1 Å². The van der Waals surface area contributed by atoms with Gasteiger partial charge in [0.2, 0.25) is 5.91 Å². The molecule has 0 heterocycles. The van der Waals surface area contributed by atoms with Crippen molar-refractivity contribution in [1.82, 2.24) is 5.32 Å². The monoisotopic (exact) mass is 314 g/mol. The highest BCUT2D eigenvalue weighted by Gasteiger charge is 2.21. The first-order chi connectivity index (χ1) is 11.2. The lowest BCUT2D eigenvalue weighted by atomic mass is 10.0. The van der Waals surface area contributed by atoms with Crippen molar-refractivity contribution in [3.8, 4) is 6.07 Å². The van der Waals surface area contributed by atoms with Crippen molar-refractivity contribution in [2.24, 2.45) is 0 Å². The van der Waals surface area contributed by atoms with Gasteiger partial charge >= 0.3 is 5.97 Å². The lowest BCUT2D eigenvalue weighted by Gasteiger charge is -2.16. The topological polar surface area (TPSA) is 79.2 Å². The lowest BCUT2D eigenvalue weighted by Crippen LogP contribution is -2.41. The number of carbonyl (C=O) groups excluding carboxylic acids is 2. The van der Waals surface area contributed by atoms with Crippen LogP contribution in [0.15, 0.2) is 43.0 Å². The number of aryl methyl sites for hydroxylation is 1. The second kappa shape index (κ2) is 11.0. The largest absolute Gasteiger partial charge is 0.449 e. The molecule has 0 saturated carbocycles. The third kappa shape index (κ3) is 7.82. The number of carbonyl (C=O) groups is 2. The first kappa shape index (κ1) is 18.4. The zero-order valence-electron chi connectivity index (χ0n) is 13.2. The highest BCUT2D eigenvalue weighted by atomic mass is 16.5. The minimum atomic E-state index is -0.718. The predicted octanol–water partition coefficient (Wildman–Crippen LogP) is 2.53. The Morgan fingerprint density at radius 1 is 1.35 bits per heavy atom. The number of ether oxygens (including phenoxy) is 1. The van der Waals surface area contributed by atoms with E-state index in [9.17, 15) is 9.59 Å². The van der Waals surface area contributed by atoms with Gasteiger partial charge in [0, 0.05) is 6.42 Å². The van der Waals surface area contributed by atoms with Gasteiger partial charge in [-0.15, -0.1) is 6.58 Å². The molecular weight excluding hydrogens is 292 g/mol. The minimum absolute atomic E-state index is 0.219. The number of esters is 1. The van der Waals surface area contributed by atoms with Gasteiger partial charge in [-0.1, -0.05) is 36.4 Å². The van der Waals surface area contributed by atoms with Crippen LogP contribution in [-0.2, 0) is 20.7 Å². The molecule has 23 heavy (non-hydrogen) atoms. The van der Waals surface area contributed by atoms with E-state index in [1.807, 2.05) is 30.3 Å². The summed E-state index contributed by atoms with van der Waals surface area (Å²) in [6.45, 7) is 3.25. The van der Waals surface area contributed by atoms with E-state index in [0.717, 1.165) is 12.8 Å². The average molecular weight is 314 g/mol. The van der Waals surface area contributed by atoms with Gasteiger partial charge in [0.25, 0.3) is 0 Å². The highest BCUT2D eigenvalue weighted by Crippen LogP contribution is 2.08. The summed E-state index contributed by atoms with van der Waals surface area (Å²) in [6.07, 6.45) is 4.50. The van der Waals surface area contributed by atoms with Crippen LogP contribution < -0.4 is 5.32 Å². The van der Waals surface area contributed by atoms with Crippen LogP contribution in [0.1, 0.15) is 31.2 Å². The van der Waals surface area contributed by atoms with Crippen molar-refractivity contribution < 1.29 is 14.3 Å². The lowest BCUT2D eigenvalue weighted by molar-refractivity contribution is -0.146. The third-order valence-corrected chi connectivity index (χ3v) is 3.28. The van der Waals surface area contributed by atoms with E-state index in [0.29, 0.717) is 12.8 Å². The van der Waals surface area contributed by atoms with Crippen LogP contribution in [-0.4, -0.2) is 24.5 Å². The molecule has 1 N–H and O–H groups in total. The molecule has 0 radical (unpaired) electrons. The van der Waals surface area contributed by atoms with Gasteiger partial charge in [0.05, 0.1) is 0 Å². The van der Waals surface area contributed by atoms with Crippen LogP contribution in [0.3, 0.4) is 0 Å². The number of amides is 1. The first-order valence-corrected chi connectivity index (χ1v) is 7.65. The molecule has 0 aliphatic heterocycles. The molecule has 0 aromatic heterocycles. The van der Waals surface area contributed by atoms with E-state index >= 15 is 0 Å². The summed E-state index contributed by atoms with van der Waals surface area (Å²) in [5.41, 5.74) is 1.18. The Kier molecular flexibility index (Phi) is 8.84. The van der Waals surface area contributed by atoms with Crippen LogP contribution >= 0.6 is 0 Å². The summed E-state index contributed by atoms with van der Waals surface area (Å²) in [4.78, 5) is 23.7. The van der Waals surface area contributed by atoms with Gasteiger partial charge in [-0.3, -0.25) is 4.79 Å². The Balaban J connectivity index is 2.52. The summed E-state index contributed by atoms with van der Waals surface area (Å²) in [6, 6.07) is 11.0. The number of rotatable bonds is 10. The number of allylic oxidation sites excluding steroid dienone is 1. The average Bonchev–Trinajstić information content (AvgIpc) is 2.57. The van der Waals surface area contributed by atoms with Gasteiger partial charge in [-0.2, -0.15) is 5.26 Å². The summed E-state index contributed by atoms with van der Waals surface area (Å²) in [5.74, 6) is -0.782. The number of nitrogens with one attached hydrogen (secondary N) is 1. The fourth-order valence-corrected chi connectivity index (χ4v) is 2.11. The summed E-state index contributed by atoms with van der Waals surface area (Å²) in [5, 5.41) is 11.2. The smallest absolute Gasteiger partial charge is 0.329 e. The molecule has 5 heteroatoms. The Morgan fingerprint density at radius 2 is 2.09 bits per heavy atom. The van der Waals surface area contributed by atoms with Gasteiger partial charge in [0.15, 0.2) is 6.61 Å². The Hall–Kier alpha value is -2.61. The molecular formula is C18H22N2O3. The van der Waals surface area contributed by atoms with Gasteiger partial charge in [-0.05, 0) is 31.2 Å². The zero-order chi connectivity index (χ0) is 16.9. The van der Waals surface area contributed by atoms with E-state index in [-0.39, 0.29) is 18.9 Å². The molecule has 0 fully saturated rings. The van der Waals surface area contributed by atoms with Crippen molar-refractivity contribution >= 4 is 11.9 Å². The Morgan fingerprint density at radius 3 is 2.74 bits per heavy atom. The zero-order valence-corrected chi connectivity index (χ0v) is 13.2. The number of benzene rings is 1. The minimum Gasteiger partial charge on any atom is -0.449 e. The van der Waals surface area contributed by atoms with Crippen LogP contribution in [0, 0.1) is 11.3 Å². The number of nitriles is 1. The molecule has 5 nitrogen and oxygen atoms in total. The molecule has 1 aromatic rings. The van der Waals surface area contributed by atoms with Crippen molar-refractivity contribution in [2.75, 3.05) is 6.61 Å². The summed E-state index contributed by atoms with van der Waals surface area (Å²) < 4.78 is 4.83.